The molecule has 4 aromatic rings. The van der Waals surface area contributed by atoms with Crippen LogP contribution in [0.1, 0.15) is 48.7 Å². The number of nitrogens with zero attached hydrogens (tertiary/aromatic N) is 5. The fourth-order valence-electron chi connectivity index (χ4n) is 3.92. The number of benzene rings is 3. The zero-order valence-corrected chi connectivity index (χ0v) is 23.0. The number of aromatic nitrogens is 2. The third-order valence-electron chi connectivity index (χ3n) is 6.19. The summed E-state index contributed by atoms with van der Waals surface area (Å²) < 4.78 is 13.1. The van der Waals surface area contributed by atoms with Crippen LogP contribution in [0.2, 0.25) is 0 Å². The third-order valence-corrected chi connectivity index (χ3v) is 6.69. The van der Waals surface area contributed by atoms with Gasteiger partial charge in [-0.25, -0.2) is 4.98 Å². The van der Waals surface area contributed by atoms with E-state index in [1.165, 1.54) is 30.1 Å². The molecule has 0 saturated heterocycles. The lowest BCUT2D eigenvalue weighted by Gasteiger charge is -2.14. The fourth-order valence-corrected chi connectivity index (χ4v) is 4.28. The van der Waals surface area contributed by atoms with E-state index >= 15 is 0 Å². The maximum absolute atomic E-state index is 13.4. The number of hydrogen-bond acceptors (Lipinski definition) is 8. The Morgan fingerprint density at radius 3 is 2.72 bits per heavy atom. The Kier molecular flexibility index (Phi) is 8.36. The Labute approximate surface area is 232 Å². The van der Waals surface area contributed by atoms with Crippen molar-refractivity contribution in [1.29, 1.82) is 5.26 Å². The molecule has 3 aromatic carbocycles. The summed E-state index contributed by atoms with van der Waals surface area (Å²) in [6, 6.07) is 17.0. The third kappa shape index (κ3) is 5.81. The predicted molar refractivity (Wildman–Crippen MR) is 151 cm³/mol. The molecule has 0 unspecified atom stereocenters. The lowest BCUT2D eigenvalue weighted by Crippen LogP contribution is -2.23. The number of halogens is 1. The lowest BCUT2D eigenvalue weighted by molar-refractivity contribution is -0.386. The Hall–Kier alpha value is -4.56. The molecule has 198 valence electrons. The van der Waals surface area contributed by atoms with E-state index in [2.05, 4.69) is 32.1 Å². The molecule has 0 aliphatic rings. The molecule has 0 radical (unpaired) electrons. The van der Waals surface area contributed by atoms with Gasteiger partial charge in [-0.15, -0.1) is 0 Å². The topological polar surface area (TPSA) is 133 Å². The van der Waals surface area contributed by atoms with Gasteiger partial charge < -0.3 is 9.47 Å². The van der Waals surface area contributed by atoms with Crippen LogP contribution in [0.25, 0.3) is 10.9 Å². The molecule has 0 N–H and O–H groups in total. The monoisotopic (exact) mass is 589 g/mol. The maximum Gasteiger partial charge on any atom is 0.315 e. The fraction of sp³-hybridized carbons (Fsp3) is 0.214. The summed E-state index contributed by atoms with van der Waals surface area (Å²) in [7, 11) is 1.37. The number of nitro groups is 1. The average molecular weight is 590 g/mol. The van der Waals surface area contributed by atoms with E-state index in [1.54, 1.807) is 36.4 Å². The molecule has 0 bridgehead atoms. The first-order chi connectivity index (χ1) is 18.8. The van der Waals surface area contributed by atoms with E-state index < -0.39 is 4.92 Å². The molecule has 4 rings (SSSR count). The normalized spacial score (nSPS) is 11.9. The van der Waals surface area contributed by atoms with Gasteiger partial charge in [0.15, 0.2) is 5.75 Å². The van der Waals surface area contributed by atoms with Crippen molar-refractivity contribution >= 4 is 38.7 Å². The first-order valence-electron chi connectivity index (χ1n) is 12.0. The van der Waals surface area contributed by atoms with E-state index in [0.717, 1.165) is 10.9 Å². The van der Waals surface area contributed by atoms with Crippen molar-refractivity contribution < 1.29 is 14.4 Å². The summed E-state index contributed by atoms with van der Waals surface area (Å²) >= 11 is 3.39. The van der Waals surface area contributed by atoms with Crippen LogP contribution in [0.5, 0.6) is 11.5 Å². The van der Waals surface area contributed by atoms with Crippen LogP contribution in [0.4, 0.5) is 5.69 Å². The molecule has 0 spiro atoms. The van der Waals surface area contributed by atoms with Crippen LogP contribution in [0, 0.1) is 21.4 Å². The van der Waals surface area contributed by atoms with Crippen molar-refractivity contribution in [2.75, 3.05) is 7.11 Å². The van der Waals surface area contributed by atoms with Crippen molar-refractivity contribution in [3.8, 4) is 17.6 Å². The van der Waals surface area contributed by atoms with Gasteiger partial charge in [-0.2, -0.15) is 15.0 Å². The Morgan fingerprint density at radius 2 is 2.03 bits per heavy atom. The average Bonchev–Trinajstić information content (AvgIpc) is 2.95. The molecule has 0 saturated carbocycles. The van der Waals surface area contributed by atoms with Gasteiger partial charge >= 0.3 is 5.69 Å². The van der Waals surface area contributed by atoms with E-state index in [0.29, 0.717) is 33.4 Å². The molecule has 1 aromatic heterocycles. The molecule has 1 atom stereocenters. The zero-order valence-electron chi connectivity index (χ0n) is 21.4. The van der Waals surface area contributed by atoms with Gasteiger partial charge in [-0.1, -0.05) is 48.0 Å². The standard InChI is InChI=1S/C28H24BrN5O5/c1-4-17(2)27-32-23-10-9-21(29)13-22(23)28(35)33(27)31-15-18-11-24(34(36)37)26(25(12-18)38-3)39-16-20-8-6-5-7-19(20)14-30/h5-13,15,17H,4,16H2,1-3H3/t17-/m1/s1. The Bertz CT molecular complexity index is 1690. The van der Waals surface area contributed by atoms with Gasteiger partial charge in [0.25, 0.3) is 5.56 Å². The van der Waals surface area contributed by atoms with Crippen LogP contribution >= 0.6 is 15.9 Å². The van der Waals surface area contributed by atoms with E-state index in [9.17, 15) is 20.2 Å². The first-order valence-corrected chi connectivity index (χ1v) is 12.8. The van der Waals surface area contributed by atoms with Crippen LogP contribution in [-0.2, 0) is 6.61 Å². The van der Waals surface area contributed by atoms with Crippen LogP contribution < -0.4 is 15.0 Å². The molecule has 11 heteroatoms. The number of hydrogen-bond donors (Lipinski definition) is 0. The largest absolute Gasteiger partial charge is 0.493 e. The van der Waals surface area contributed by atoms with Crippen molar-refractivity contribution in [3.63, 3.8) is 0 Å². The number of ether oxygens (including phenoxy) is 2. The van der Waals surface area contributed by atoms with Gasteiger partial charge in [0.05, 0.1) is 40.8 Å². The quantitative estimate of drug-likeness (QED) is 0.134. The summed E-state index contributed by atoms with van der Waals surface area (Å²) in [4.78, 5) is 29.4. The summed E-state index contributed by atoms with van der Waals surface area (Å²) in [5.41, 5.74) is 1.16. The molecule has 10 nitrogen and oxygen atoms in total. The van der Waals surface area contributed by atoms with Gasteiger partial charge in [0.1, 0.15) is 12.4 Å². The van der Waals surface area contributed by atoms with Crippen LogP contribution in [-0.4, -0.2) is 27.9 Å². The summed E-state index contributed by atoms with van der Waals surface area (Å²) in [6.07, 6.45) is 2.08. The van der Waals surface area contributed by atoms with Crippen molar-refractivity contribution in [2.45, 2.75) is 32.8 Å². The van der Waals surface area contributed by atoms with Crippen molar-refractivity contribution in [3.05, 3.63) is 102 Å². The Morgan fingerprint density at radius 1 is 1.26 bits per heavy atom. The molecule has 39 heavy (non-hydrogen) atoms. The minimum atomic E-state index is -0.586. The predicted octanol–water partition coefficient (Wildman–Crippen LogP) is 5.92. The smallest absolute Gasteiger partial charge is 0.315 e. The van der Waals surface area contributed by atoms with Gasteiger partial charge in [-0.3, -0.25) is 14.9 Å². The van der Waals surface area contributed by atoms with Crippen molar-refractivity contribution in [1.82, 2.24) is 9.66 Å². The van der Waals surface area contributed by atoms with Gasteiger partial charge in [0.2, 0.25) is 5.75 Å². The van der Waals surface area contributed by atoms with E-state index in [-0.39, 0.29) is 35.3 Å². The highest BCUT2D eigenvalue weighted by molar-refractivity contribution is 9.10. The van der Waals surface area contributed by atoms with Crippen LogP contribution in [0.15, 0.2) is 69.0 Å². The number of rotatable bonds is 9. The molecule has 1 heterocycles. The van der Waals surface area contributed by atoms with Gasteiger partial charge in [-0.05, 0) is 36.8 Å². The SMILES string of the molecule is CC[C@@H](C)c1nc2ccc(Br)cc2c(=O)n1N=Cc1cc(OC)c(OCc2ccccc2C#N)c([N+](=O)[O-])c1. The maximum atomic E-state index is 13.4. The highest BCUT2D eigenvalue weighted by Crippen LogP contribution is 2.38. The highest BCUT2D eigenvalue weighted by atomic mass is 79.9. The number of methoxy groups -OCH3 is 1. The summed E-state index contributed by atoms with van der Waals surface area (Å²) in [6.45, 7) is 3.86. The van der Waals surface area contributed by atoms with Crippen LogP contribution in [0.3, 0.4) is 0 Å². The summed E-state index contributed by atoms with van der Waals surface area (Å²) in [5, 5.41) is 26.1. The highest BCUT2D eigenvalue weighted by Gasteiger charge is 2.23. The summed E-state index contributed by atoms with van der Waals surface area (Å²) in [5.74, 6) is 0.433. The molecule has 0 aliphatic carbocycles. The molecule has 0 amide bonds. The number of fused-ring (bicyclic) bond motifs is 1. The van der Waals surface area contributed by atoms with Gasteiger partial charge in [0, 0.05) is 27.6 Å². The second kappa shape index (κ2) is 11.9. The van der Waals surface area contributed by atoms with E-state index in [4.69, 9.17) is 9.47 Å². The number of nitriles is 1. The minimum absolute atomic E-state index is 0.0691. The first kappa shape index (κ1) is 27.5. The molecule has 0 aliphatic heterocycles. The molecule has 0 fully saturated rings. The van der Waals surface area contributed by atoms with E-state index in [1.807, 2.05) is 19.9 Å². The molecular formula is C28H24BrN5O5. The number of nitro benzene ring substituents is 1. The second-order valence-electron chi connectivity index (χ2n) is 8.69. The van der Waals surface area contributed by atoms with Crippen molar-refractivity contribution in [2.24, 2.45) is 5.10 Å². The minimum Gasteiger partial charge on any atom is -0.493 e. The second-order valence-corrected chi connectivity index (χ2v) is 9.60. The lowest BCUT2D eigenvalue weighted by atomic mass is 10.1. The Balaban J connectivity index is 1.77. The zero-order chi connectivity index (χ0) is 28.1. The molecular weight excluding hydrogens is 566 g/mol.